The zero-order valence-electron chi connectivity index (χ0n) is 9.55. The highest BCUT2D eigenvalue weighted by Gasteiger charge is 2.18. The number of rotatable bonds is 7. The molecule has 0 aromatic carbocycles. The topological polar surface area (TPSA) is 58.4 Å². The van der Waals surface area contributed by atoms with Crippen molar-refractivity contribution in [2.45, 2.75) is 32.7 Å². The summed E-state index contributed by atoms with van der Waals surface area (Å²) < 4.78 is 0. The van der Waals surface area contributed by atoms with E-state index in [2.05, 4.69) is 17.1 Å². The van der Waals surface area contributed by atoms with Crippen molar-refractivity contribution in [1.29, 1.82) is 0 Å². The van der Waals surface area contributed by atoms with Crippen LogP contribution in [0.5, 0.6) is 0 Å². The predicted octanol–water partition coefficient (Wildman–Crippen LogP) is 0.182. The predicted molar refractivity (Wildman–Crippen MR) is 59.1 cm³/mol. The van der Waals surface area contributed by atoms with Crippen LogP contribution in [-0.4, -0.2) is 43.5 Å². The number of carbonyl (C=O) groups excluding carboxylic acids is 1. The molecule has 0 aliphatic heterocycles. The highest BCUT2D eigenvalue weighted by molar-refractivity contribution is 5.80. The second-order valence-corrected chi connectivity index (χ2v) is 3.47. The summed E-state index contributed by atoms with van der Waals surface area (Å²) in [5.74, 6) is 0.0791. The molecule has 1 amide bonds. The molecule has 1 atom stereocenters. The first kappa shape index (κ1) is 13.4. The second kappa shape index (κ2) is 7.76. The summed E-state index contributed by atoms with van der Waals surface area (Å²) in [4.78, 5) is 13.6. The monoisotopic (exact) mass is 201 g/mol. The largest absolute Gasteiger partial charge is 0.358 e. The molecule has 3 N–H and O–H groups in total. The van der Waals surface area contributed by atoms with Crippen LogP contribution in [0.3, 0.4) is 0 Å². The molecule has 0 bridgehead atoms. The van der Waals surface area contributed by atoms with Gasteiger partial charge in [0.05, 0.1) is 6.04 Å². The van der Waals surface area contributed by atoms with Gasteiger partial charge in [-0.05, 0) is 32.9 Å². The Labute approximate surface area is 86.8 Å². The lowest BCUT2D eigenvalue weighted by Gasteiger charge is -2.27. The third kappa shape index (κ3) is 4.58. The molecule has 1 unspecified atom stereocenters. The number of nitrogens with one attached hydrogen (secondary N) is 1. The fourth-order valence-electron chi connectivity index (χ4n) is 1.46. The van der Waals surface area contributed by atoms with Gasteiger partial charge in [-0.1, -0.05) is 6.92 Å². The normalized spacial score (nSPS) is 12.9. The standard InChI is InChI=1S/C10H23N3O/c1-4-7-13(8-5-6-11)9(2)10(14)12-3/h9H,4-8,11H2,1-3H3,(H,12,14). The van der Waals surface area contributed by atoms with Gasteiger partial charge in [0.1, 0.15) is 0 Å². The van der Waals surface area contributed by atoms with Gasteiger partial charge in [-0.15, -0.1) is 0 Å². The van der Waals surface area contributed by atoms with Crippen LogP contribution in [-0.2, 0) is 4.79 Å². The van der Waals surface area contributed by atoms with Gasteiger partial charge in [0.2, 0.25) is 5.91 Å². The Balaban J connectivity index is 4.09. The molecule has 14 heavy (non-hydrogen) atoms. The van der Waals surface area contributed by atoms with E-state index in [1.807, 2.05) is 6.92 Å². The maximum Gasteiger partial charge on any atom is 0.236 e. The van der Waals surface area contributed by atoms with Crippen LogP contribution in [0.4, 0.5) is 0 Å². The van der Waals surface area contributed by atoms with Crippen molar-refractivity contribution in [3.05, 3.63) is 0 Å². The zero-order chi connectivity index (χ0) is 11.0. The molecule has 0 radical (unpaired) electrons. The quantitative estimate of drug-likeness (QED) is 0.618. The van der Waals surface area contributed by atoms with E-state index in [1.54, 1.807) is 7.05 Å². The number of carbonyl (C=O) groups is 1. The van der Waals surface area contributed by atoms with Crippen molar-refractivity contribution >= 4 is 5.91 Å². The van der Waals surface area contributed by atoms with Crippen molar-refractivity contribution in [2.24, 2.45) is 5.73 Å². The fraction of sp³-hybridized carbons (Fsp3) is 0.900. The molecule has 0 fully saturated rings. The number of hydrogen-bond donors (Lipinski definition) is 2. The van der Waals surface area contributed by atoms with E-state index in [0.717, 1.165) is 25.9 Å². The molecule has 4 heteroatoms. The molecule has 0 saturated heterocycles. The van der Waals surface area contributed by atoms with Gasteiger partial charge in [0, 0.05) is 13.6 Å². The number of likely N-dealkylation sites (N-methyl/N-ethyl adjacent to an activating group) is 1. The average Bonchev–Trinajstić information content (AvgIpc) is 2.22. The van der Waals surface area contributed by atoms with Crippen LogP contribution >= 0.6 is 0 Å². The van der Waals surface area contributed by atoms with Crippen LogP contribution < -0.4 is 11.1 Å². The molecule has 4 nitrogen and oxygen atoms in total. The highest BCUT2D eigenvalue weighted by atomic mass is 16.2. The SMILES string of the molecule is CCCN(CCCN)C(C)C(=O)NC. The number of hydrogen-bond acceptors (Lipinski definition) is 3. The molecule has 0 aromatic rings. The van der Waals surface area contributed by atoms with E-state index in [9.17, 15) is 4.79 Å². The Morgan fingerprint density at radius 1 is 1.50 bits per heavy atom. The van der Waals surface area contributed by atoms with Gasteiger partial charge in [0.25, 0.3) is 0 Å². The van der Waals surface area contributed by atoms with Crippen molar-refractivity contribution in [2.75, 3.05) is 26.7 Å². The molecule has 0 aliphatic rings. The summed E-state index contributed by atoms with van der Waals surface area (Å²) in [7, 11) is 1.67. The molecule has 0 aliphatic carbocycles. The molecule has 0 saturated carbocycles. The van der Waals surface area contributed by atoms with E-state index in [-0.39, 0.29) is 11.9 Å². The van der Waals surface area contributed by atoms with Gasteiger partial charge >= 0.3 is 0 Å². The number of amides is 1. The summed E-state index contributed by atoms with van der Waals surface area (Å²) in [5, 5.41) is 2.67. The highest BCUT2D eigenvalue weighted by Crippen LogP contribution is 2.01. The van der Waals surface area contributed by atoms with E-state index in [0.29, 0.717) is 6.54 Å². The first-order valence-corrected chi connectivity index (χ1v) is 5.33. The van der Waals surface area contributed by atoms with Crippen molar-refractivity contribution < 1.29 is 4.79 Å². The van der Waals surface area contributed by atoms with Gasteiger partial charge in [0.15, 0.2) is 0 Å². The Kier molecular flexibility index (Phi) is 7.42. The average molecular weight is 201 g/mol. The lowest BCUT2D eigenvalue weighted by Crippen LogP contribution is -2.45. The van der Waals surface area contributed by atoms with Gasteiger partial charge in [-0.3, -0.25) is 9.69 Å². The Bertz CT molecular complexity index is 161. The Morgan fingerprint density at radius 2 is 2.14 bits per heavy atom. The first-order valence-electron chi connectivity index (χ1n) is 5.33. The Morgan fingerprint density at radius 3 is 2.57 bits per heavy atom. The van der Waals surface area contributed by atoms with Crippen LogP contribution in [0.2, 0.25) is 0 Å². The van der Waals surface area contributed by atoms with E-state index < -0.39 is 0 Å². The second-order valence-electron chi connectivity index (χ2n) is 3.47. The summed E-state index contributed by atoms with van der Waals surface area (Å²) in [5.41, 5.74) is 5.45. The lowest BCUT2D eigenvalue weighted by atomic mass is 10.2. The van der Waals surface area contributed by atoms with E-state index in [4.69, 9.17) is 5.73 Å². The molecule has 84 valence electrons. The first-order chi connectivity index (χ1) is 6.67. The Hall–Kier alpha value is -0.610. The summed E-state index contributed by atoms with van der Waals surface area (Å²) >= 11 is 0. The smallest absolute Gasteiger partial charge is 0.236 e. The maximum atomic E-state index is 11.4. The van der Waals surface area contributed by atoms with Crippen molar-refractivity contribution in [1.82, 2.24) is 10.2 Å². The molecular weight excluding hydrogens is 178 g/mol. The van der Waals surface area contributed by atoms with Crippen LogP contribution in [0.15, 0.2) is 0 Å². The maximum absolute atomic E-state index is 11.4. The minimum atomic E-state index is -0.0495. The van der Waals surface area contributed by atoms with Crippen LogP contribution in [0.25, 0.3) is 0 Å². The minimum absolute atomic E-state index is 0.0495. The molecule has 0 spiro atoms. The van der Waals surface area contributed by atoms with Gasteiger partial charge in [-0.25, -0.2) is 0 Å². The summed E-state index contributed by atoms with van der Waals surface area (Å²) in [6, 6.07) is -0.0495. The number of nitrogens with two attached hydrogens (primary N) is 1. The summed E-state index contributed by atoms with van der Waals surface area (Å²) in [6.45, 7) is 6.59. The van der Waals surface area contributed by atoms with E-state index >= 15 is 0 Å². The van der Waals surface area contributed by atoms with Crippen LogP contribution in [0.1, 0.15) is 26.7 Å². The fourth-order valence-corrected chi connectivity index (χ4v) is 1.46. The third-order valence-electron chi connectivity index (χ3n) is 2.33. The van der Waals surface area contributed by atoms with Crippen molar-refractivity contribution in [3.8, 4) is 0 Å². The van der Waals surface area contributed by atoms with Gasteiger partial charge < -0.3 is 11.1 Å². The van der Waals surface area contributed by atoms with Crippen LogP contribution in [0, 0.1) is 0 Å². The lowest BCUT2D eigenvalue weighted by molar-refractivity contribution is -0.125. The summed E-state index contributed by atoms with van der Waals surface area (Å²) in [6.07, 6.45) is 2.01. The molecule has 0 heterocycles. The van der Waals surface area contributed by atoms with E-state index in [1.165, 1.54) is 0 Å². The minimum Gasteiger partial charge on any atom is -0.358 e. The third-order valence-corrected chi connectivity index (χ3v) is 2.33. The molecule has 0 rings (SSSR count). The van der Waals surface area contributed by atoms with Gasteiger partial charge in [-0.2, -0.15) is 0 Å². The van der Waals surface area contributed by atoms with Crippen molar-refractivity contribution in [3.63, 3.8) is 0 Å². The zero-order valence-corrected chi connectivity index (χ0v) is 9.55. The number of nitrogens with zero attached hydrogens (tertiary/aromatic N) is 1. The molecule has 0 aromatic heterocycles. The molecular formula is C10H23N3O.